The number of aromatic nitrogens is 1. The van der Waals surface area contributed by atoms with Crippen LogP contribution >= 0.6 is 0 Å². The third-order valence-electron chi connectivity index (χ3n) is 4.63. The SMILES string of the molecule is CN(C)[C@@H](CNC(=O)CCc1c[nH]c2ccccc12)C1CC1. The second kappa shape index (κ2) is 6.53. The number of para-hydroxylation sites is 1. The van der Waals surface area contributed by atoms with Gasteiger partial charge in [0.1, 0.15) is 0 Å². The highest BCUT2D eigenvalue weighted by Crippen LogP contribution is 2.34. The van der Waals surface area contributed by atoms with Gasteiger partial charge in [-0.15, -0.1) is 0 Å². The van der Waals surface area contributed by atoms with E-state index in [1.807, 2.05) is 18.3 Å². The van der Waals surface area contributed by atoms with Crippen LogP contribution in [0.15, 0.2) is 30.5 Å². The highest BCUT2D eigenvalue weighted by Gasteiger charge is 2.32. The first-order valence-corrected chi connectivity index (χ1v) is 8.13. The van der Waals surface area contributed by atoms with Crippen LogP contribution in [0, 0.1) is 5.92 Å². The highest BCUT2D eigenvalue weighted by atomic mass is 16.1. The average Bonchev–Trinajstić information content (AvgIpc) is 3.25. The Morgan fingerprint density at radius 3 is 2.86 bits per heavy atom. The Labute approximate surface area is 131 Å². The molecule has 118 valence electrons. The van der Waals surface area contributed by atoms with Crippen molar-refractivity contribution in [3.63, 3.8) is 0 Å². The fraction of sp³-hybridized carbons (Fsp3) is 0.500. The summed E-state index contributed by atoms with van der Waals surface area (Å²) in [5, 5.41) is 4.33. The van der Waals surface area contributed by atoms with Crippen LogP contribution in [0.2, 0.25) is 0 Å². The third kappa shape index (κ3) is 3.50. The number of fused-ring (bicyclic) bond motifs is 1. The lowest BCUT2D eigenvalue weighted by atomic mass is 10.1. The smallest absolute Gasteiger partial charge is 0.220 e. The standard InChI is InChI=1S/C18H25N3O/c1-21(2)17(13-7-8-13)12-20-18(22)10-9-14-11-19-16-6-4-3-5-15(14)16/h3-6,11,13,17,19H,7-10,12H2,1-2H3,(H,20,22)/t17-/m0/s1. The number of H-pyrrole nitrogens is 1. The zero-order valence-electron chi connectivity index (χ0n) is 13.4. The molecule has 1 fully saturated rings. The van der Waals surface area contributed by atoms with Gasteiger partial charge in [0, 0.05) is 36.1 Å². The number of likely N-dealkylation sites (N-methyl/N-ethyl adjacent to an activating group) is 1. The number of carbonyl (C=O) groups is 1. The number of carbonyl (C=O) groups excluding carboxylic acids is 1. The highest BCUT2D eigenvalue weighted by molar-refractivity contribution is 5.84. The number of amides is 1. The number of benzene rings is 1. The molecule has 0 unspecified atom stereocenters. The van der Waals surface area contributed by atoms with E-state index in [0.717, 1.165) is 24.4 Å². The lowest BCUT2D eigenvalue weighted by molar-refractivity contribution is -0.121. The van der Waals surface area contributed by atoms with E-state index >= 15 is 0 Å². The lowest BCUT2D eigenvalue weighted by Crippen LogP contribution is -2.41. The molecule has 2 aromatic rings. The molecule has 0 saturated heterocycles. The van der Waals surface area contributed by atoms with Gasteiger partial charge in [0.05, 0.1) is 0 Å². The van der Waals surface area contributed by atoms with Crippen LogP contribution in [-0.4, -0.2) is 42.5 Å². The summed E-state index contributed by atoms with van der Waals surface area (Å²) in [4.78, 5) is 17.6. The molecule has 4 nitrogen and oxygen atoms in total. The monoisotopic (exact) mass is 299 g/mol. The first kappa shape index (κ1) is 15.1. The Hall–Kier alpha value is -1.81. The summed E-state index contributed by atoms with van der Waals surface area (Å²) in [7, 11) is 4.20. The van der Waals surface area contributed by atoms with E-state index < -0.39 is 0 Å². The number of aromatic amines is 1. The van der Waals surface area contributed by atoms with Crippen LogP contribution in [0.25, 0.3) is 10.9 Å². The van der Waals surface area contributed by atoms with E-state index in [9.17, 15) is 4.79 Å². The van der Waals surface area contributed by atoms with Gasteiger partial charge in [-0.3, -0.25) is 4.79 Å². The Balaban J connectivity index is 1.50. The quantitative estimate of drug-likeness (QED) is 0.825. The van der Waals surface area contributed by atoms with E-state index in [-0.39, 0.29) is 5.91 Å². The molecule has 4 heteroatoms. The molecule has 1 heterocycles. The summed E-state index contributed by atoms with van der Waals surface area (Å²) in [5.74, 6) is 0.918. The van der Waals surface area contributed by atoms with Crippen molar-refractivity contribution in [3.05, 3.63) is 36.0 Å². The van der Waals surface area contributed by atoms with E-state index in [1.54, 1.807) is 0 Å². The van der Waals surface area contributed by atoms with Gasteiger partial charge < -0.3 is 15.2 Å². The van der Waals surface area contributed by atoms with E-state index in [0.29, 0.717) is 12.5 Å². The molecule has 3 rings (SSSR count). The van der Waals surface area contributed by atoms with Crippen molar-refractivity contribution >= 4 is 16.8 Å². The van der Waals surface area contributed by atoms with Crippen molar-refractivity contribution in [2.75, 3.05) is 20.6 Å². The second-order valence-electron chi connectivity index (χ2n) is 6.53. The van der Waals surface area contributed by atoms with Crippen LogP contribution in [0.3, 0.4) is 0 Å². The van der Waals surface area contributed by atoms with Crippen LogP contribution in [-0.2, 0) is 11.2 Å². The minimum atomic E-state index is 0.151. The van der Waals surface area contributed by atoms with Gasteiger partial charge in [-0.2, -0.15) is 0 Å². The fourth-order valence-corrected chi connectivity index (χ4v) is 3.15. The molecule has 1 aliphatic rings. The molecule has 2 N–H and O–H groups in total. The second-order valence-corrected chi connectivity index (χ2v) is 6.53. The molecule has 1 saturated carbocycles. The van der Waals surface area contributed by atoms with E-state index in [2.05, 4.69) is 41.4 Å². The molecule has 1 atom stereocenters. The van der Waals surface area contributed by atoms with Crippen molar-refractivity contribution in [2.45, 2.75) is 31.7 Å². The summed E-state index contributed by atoms with van der Waals surface area (Å²) in [6.45, 7) is 0.768. The molecular weight excluding hydrogens is 274 g/mol. The zero-order chi connectivity index (χ0) is 15.5. The molecular formula is C18H25N3O. The molecule has 0 bridgehead atoms. The van der Waals surface area contributed by atoms with E-state index in [4.69, 9.17) is 0 Å². The topological polar surface area (TPSA) is 48.1 Å². The summed E-state index contributed by atoms with van der Waals surface area (Å²) in [5.41, 5.74) is 2.36. The van der Waals surface area contributed by atoms with E-state index in [1.165, 1.54) is 23.8 Å². The Kier molecular flexibility index (Phi) is 4.48. The average molecular weight is 299 g/mol. The zero-order valence-corrected chi connectivity index (χ0v) is 13.4. The fourth-order valence-electron chi connectivity index (χ4n) is 3.15. The maximum absolute atomic E-state index is 12.1. The number of aryl methyl sites for hydroxylation is 1. The van der Waals surface area contributed by atoms with Crippen LogP contribution in [0.1, 0.15) is 24.8 Å². The van der Waals surface area contributed by atoms with Crippen molar-refractivity contribution in [1.82, 2.24) is 15.2 Å². The number of hydrogen-bond donors (Lipinski definition) is 2. The minimum absolute atomic E-state index is 0.151. The summed E-state index contributed by atoms with van der Waals surface area (Å²) >= 11 is 0. The Bertz CT molecular complexity index is 641. The first-order chi connectivity index (χ1) is 10.6. The molecule has 0 radical (unpaired) electrons. The van der Waals surface area contributed by atoms with Crippen LogP contribution < -0.4 is 5.32 Å². The molecule has 1 amide bonds. The Morgan fingerprint density at radius 2 is 2.14 bits per heavy atom. The minimum Gasteiger partial charge on any atom is -0.361 e. The maximum atomic E-state index is 12.1. The summed E-state index contributed by atoms with van der Waals surface area (Å²) < 4.78 is 0. The largest absolute Gasteiger partial charge is 0.361 e. The molecule has 22 heavy (non-hydrogen) atoms. The van der Waals surface area contributed by atoms with Gasteiger partial charge in [-0.05, 0) is 50.9 Å². The van der Waals surface area contributed by atoms with Gasteiger partial charge in [0.2, 0.25) is 5.91 Å². The molecule has 0 aliphatic heterocycles. The molecule has 0 spiro atoms. The van der Waals surface area contributed by atoms with Crippen molar-refractivity contribution in [1.29, 1.82) is 0 Å². The van der Waals surface area contributed by atoms with Gasteiger partial charge in [0.15, 0.2) is 0 Å². The summed E-state index contributed by atoms with van der Waals surface area (Å²) in [6.07, 6.45) is 5.95. The Morgan fingerprint density at radius 1 is 1.36 bits per heavy atom. The molecule has 1 aliphatic carbocycles. The van der Waals surface area contributed by atoms with Crippen molar-refractivity contribution in [3.8, 4) is 0 Å². The number of hydrogen-bond acceptors (Lipinski definition) is 2. The van der Waals surface area contributed by atoms with Crippen molar-refractivity contribution in [2.24, 2.45) is 5.92 Å². The third-order valence-corrected chi connectivity index (χ3v) is 4.63. The maximum Gasteiger partial charge on any atom is 0.220 e. The van der Waals surface area contributed by atoms with Gasteiger partial charge in [0.25, 0.3) is 0 Å². The van der Waals surface area contributed by atoms with Crippen molar-refractivity contribution < 1.29 is 4.79 Å². The van der Waals surface area contributed by atoms with Gasteiger partial charge in [-0.25, -0.2) is 0 Å². The number of nitrogens with one attached hydrogen (secondary N) is 2. The molecule has 1 aromatic heterocycles. The predicted molar refractivity (Wildman–Crippen MR) is 89.8 cm³/mol. The number of nitrogens with zero attached hydrogens (tertiary/aromatic N) is 1. The number of rotatable bonds is 7. The molecule has 1 aromatic carbocycles. The lowest BCUT2D eigenvalue weighted by Gasteiger charge is -2.24. The predicted octanol–water partition coefficient (Wildman–Crippen LogP) is 2.56. The summed E-state index contributed by atoms with van der Waals surface area (Å²) in [6, 6.07) is 8.72. The van der Waals surface area contributed by atoms with Gasteiger partial charge >= 0.3 is 0 Å². The first-order valence-electron chi connectivity index (χ1n) is 8.13. The normalized spacial score (nSPS) is 16.1. The van der Waals surface area contributed by atoms with Crippen LogP contribution in [0.4, 0.5) is 0 Å². The van der Waals surface area contributed by atoms with Crippen LogP contribution in [0.5, 0.6) is 0 Å². The van der Waals surface area contributed by atoms with Gasteiger partial charge in [-0.1, -0.05) is 18.2 Å².